The first-order chi connectivity index (χ1) is 10.7. The Morgan fingerprint density at radius 1 is 1.27 bits per heavy atom. The van der Waals surface area contributed by atoms with E-state index in [2.05, 4.69) is 29.4 Å². The Bertz CT molecular complexity index is 697. The van der Waals surface area contributed by atoms with Crippen molar-refractivity contribution >= 4 is 23.0 Å². The van der Waals surface area contributed by atoms with Crippen molar-refractivity contribution in [2.24, 2.45) is 0 Å². The number of likely N-dealkylation sites (N-methyl/N-ethyl adjacent to an activating group) is 1. The van der Waals surface area contributed by atoms with Gasteiger partial charge in [-0.05, 0) is 49.2 Å². The van der Waals surface area contributed by atoms with E-state index < -0.39 is 0 Å². The minimum atomic E-state index is -0.300. The van der Waals surface area contributed by atoms with Gasteiger partial charge in [-0.1, -0.05) is 12.1 Å². The van der Waals surface area contributed by atoms with Crippen molar-refractivity contribution in [2.45, 2.75) is 13.3 Å². The number of fused-ring (bicyclic) bond motifs is 1. The summed E-state index contributed by atoms with van der Waals surface area (Å²) in [7, 11) is 2.11. The number of nitrogens with one attached hydrogen (secondary N) is 1. The van der Waals surface area contributed by atoms with Gasteiger partial charge < -0.3 is 15.0 Å². The molecule has 0 spiro atoms. The van der Waals surface area contributed by atoms with E-state index in [0.29, 0.717) is 12.2 Å². The molecule has 4 nitrogen and oxygen atoms in total. The molecule has 2 aromatic carbocycles. The average molecular weight is 296 g/mol. The summed E-state index contributed by atoms with van der Waals surface area (Å²) in [6.45, 7) is 3.24. The number of rotatable bonds is 4. The van der Waals surface area contributed by atoms with E-state index in [9.17, 15) is 4.79 Å². The van der Waals surface area contributed by atoms with Crippen molar-refractivity contribution in [3.63, 3.8) is 0 Å². The highest BCUT2D eigenvalue weighted by molar-refractivity contribution is 5.96. The standard InChI is InChI=1S/C18H20N2O2/c1-3-22-18(21)15-6-4-5-7-16(15)19-14-8-9-17-13(12-14)10-11-20(17)2/h4-9,12,19H,3,10-11H2,1-2H3. The van der Waals surface area contributed by atoms with Crippen molar-refractivity contribution < 1.29 is 9.53 Å². The highest BCUT2D eigenvalue weighted by Gasteiger charge is 2.16. The molecule has 0 atom stereocenters. The summed E-state index contributed by atoms with van der Waals surface area (Å²) in [5, 5.41) is 3.34. The third kappa shape index (κ3) is 2.77. The Morgan fingerprint density at radius 2 is 2.09 bits per heavy atom. The number of para-hydroxylation sites is 1. The lowest BCUT2D eigenvalue weighted by atomic mass is 10.1. The van der Waals surface area contributed by atoms with Crippen LogP contribution in [0.25, 0.3) is 0 Å². The molecule has 1 N–H and O–H groups in total. The maximum Gasteiger partial charge on any atom is 0.340 e. The summed E-state index contributed by atoms with van der Waals surface area (Å²) in [5.74, 6) is -0.300. The molecule has 1 aliphatic heterocycles. The molecule has 0 fully saturated rings. The van der Waals surface area contributed by atoms with E-state index in [4.69, 9.17) is 4.74 Å². The zero-order valence-corrected chi connectivity index (χ0v) is 12.9. The summed E-state index contributed by atoms with van der Waals surface area (Å²) in [4.78, 5) is 14.3. The van der Waals surface area contributed by atoms with Crippen LogP contribution in [0.5, 0.6) is 0 Å². The fourth-order valence-corrected chi connectivity index (χ4v) is 2.78. The molecular formula is C18H20N2O2. The van der Waals surface area contributed by atoms with Crippen LogP contribution in [-0.4, -0.2) is 26.2 Å². The average Bonchev–Trinajstić information content (AvgIpc) is 2.89. The first-order valence-corrected chi connectivity index (χ1v) is 7.56. The Hall–Kier alpha value is -2.49. The molecule has 0 saturated carbocycles. The van der Waals surface area contributed by atoms with Gasteiger partial charge in [0.05, 0.1) is 17.9 Å². The quantitative estimate of drug-likeness (QED) is 0.875. The topological polar surface area (TPSA) is 41.6 Å². The smallest absolute Gasteiger partial charge is 0.340 e. The molecule has 0 bridgehead atoms. The van der Waals surface area contributed by atoms with Crippen LogP contribution < -0.4 is 10.2 Å². The first-order valence-electron chi connectivity index (χ1n) is 7.56. The number of anilines is 3. The van der Waals surface area contributed by atoms with Crippen molar-refractivity contribution in [1.29, 1.82) is 0 Å². The van der Waals surface area contributed by atoms with Crippen LogP contribution in [0.15, 0.2) is 42.5 Å². The van der Waals surface area contributed by atoms with Gasteiger partial charge >= 0.3 is 5.97 Å². The lowest BCUT2D eigenvalue weighted by Gasteiger charge is -2.14. The lowest BCUT2D eigenvalue weighted by Crippen LogP contribution is -2.12. The van der Waals surface area contributed by atoms with Crippen molar-refractivity contribution in [2.75, 3.05) is 30.4 Å². The summed E-state index contributed by atoms with van der Waals surface area (Å²) in [5.41, 5.74) is 4.94. The van der Waals surface area contributed by atoms with Gasteiger partial charge in [-0.2, -0.15) is 0 Å². The zero-order valence-electron chi connectivity index (χ0n) is 12.9. The molecule has 22 heavy (non-hydrogen) atoms. The summed E-state index contributed by atoms with van der Waals surface area (Å²) in [6.07, 6.45) is 1.06. The molecule has 114 valence electrons. The SMILES string of the molecule is CCOC(=O)c1ccccc1Nc1ccc2c(c1)CCN2C. The van der Waals surface area contributed by atoms with E-state index in [-0.39, 0.29) is 5.97 Å². The molecule has 0 radical (unpaired) electrons. The van der Waals surface area contributed by atoms with Crippen molar-refractivity contribution in [3.8, 4) is 0 Å². The third-order valence-electron chi connectivity index (χ3n) is 3.91. The van der Waals surface area contributed by atoms with Crippen LogP contribution in [0.1, 0.15) is 22.8 Å². The predicted molar refractivity (Wildman–Crippen MR) is 89.1 cm³/mol. The molecule has 0 amide bonds. The number of carbonyl (C=O) groups excluding carboxylic acids is 1. The fraction of sp³-hybridized carbons (Fsp3) is 0.278. The summed E-state index contributed by atoms with van der Waals surface area (Å²) < 4.78 is 5.11. The zero-order chi connectivity index (χ0) is 15.5. The highest BCUT2D eigenvalue weighted by atomic mass is 16.5. The molecule has 3 rings (SSSR count). The number of carbonyl (C=O) groups is 1. The van der Waals surface area contributed by atoms with Crippen LogP contribution >= 0.6 is 0 Å². The number of hydrogen-bond acceptors (Lipinski definition) is 4. The van der Waals surface area contributed by atoms with Gasteiger partial charge in [0, 0.05) is 25.0 Å². The van der Waals surface area contributed by atoms with Gasteiger partial charge in [-0.15, -0.1) is 0 Å². The van der Waals surface area contributed by atoms with Gasteiger partial charge in [0.15, 0.2) is 0 Å². The molecule has 4 heteroatoms. The number of benzene rings is 2. The Kier molecular flexibility index (Phi) is 4.00. The maximum absolute atomic E-state index is 12.0. The van der Waals surface area contributed by atoms with Gasteiger partial charge in [-0.25, -0.2) is 4.79 Å². The van der Waals surface area contributed by atoms with Crippen LogP contribution in [0, 0.1) is 0 Å². The molecule has 0 unspecified atom stereocenters. The normalized spacial score (nSPS) is 12.9. The maximum atomic E-state index is 12.0. The van der Waals surface area contributed by atoms with Crippen LogP contribution in [0.3, 0.4) is 0 Å². The van der Waals surface area contributed by atoms with E-state index >= 15 is 0 Å². The summed E-state index contributed by atoms with van der Waals surface area (Å²) in [6, 6.07) is 13.7. The molecule has 1 aliphatic rings. The van der Waals surface area contributed by atoms with Crippen LogP contribution in [-0.2, 0) is 11.2 Å². The molecule has 2 aromatic rings. The van der Waals surface area contributed by atoms with Crippen LogP contribution in [0.2, 0.25) is 0 Å². The third-order valence-corrected chi connectivity index (χ3v) is 3.91. The Labute approximate surface area is 130 Å². The van der Waals surface area contributed by atoms with Gasteiger partial charge in [0.1, 0.15) is 0 Å². The number of esters is 1. The number of hydrogen-bond donors (Lipinski definition) is 1. The Morgan fingerprint density at radius 3 is 2.91 bits per heavy atom. The van der Waals surface area contributed by atoms with E-state index in [1.54, 1.807) is 6.07 Å². The monoisotopic (exact) mass is 296 g/mol. The predicted octanol–water partition coefficient (Wildman–Crippen LogP) is 3.60. The Balaban J connectivity index is 1.86. The van der Waals surface area contributed by atoms with E-state index in [1.807, 2.05) is 31.2 Å². The second-order valence-electron chi connectivity index (χ2n) is 5.41. The van der Waals surface area contributed by atoms with Gasteiger partial charge in [-0.3, -0.25) is 0 Å². The molecule has 1 heterocycles. The minimum Gasteiger partial charge on any atom is -0.462 e. The molecule has 0 aliphatic carbocycles. The fourth-order valence-electron chi connectivity index (χ4n) is 2.78. The highest BCUT2D eigenvalue weighted by Crippen LogP contribution is 2.31. The van der Waals surface area contributed by atoms with Crippen LogP contribution in [0.4, 0.5) is 17.1 Å². The summed E-state index contributed by atoms with van der Waals surface area (Å²) >= 11 is 0. The number of ether oxygens (including phenoxy) is 1. The molecular weight excluding hydrogens is 276 g/mol. The second kappa shape index (κ2) is 6.10. The van der Waals surface area contributed by atoms with Crippen molar-refractivity contribution in [3.05, 3.63) is 53.6 Å². The number of nitrogens with zero attached hydrogens (tertiary/aromatic N) is 1. The lowest BCUT2D eigenvalue weighted by molar-refractivity contribution is 0.0527. The molecule has 0 aromatic heterocycles. The molecule has 0 saturated heterocycles. The van der Waals surface area contributed by atoms with Crippen molar-refractivity contribution in [1.82, 2.24) is 0 Å². The van der Waals surface area contributed by atoms with E-state index in [0.717, 1.165) is 24.3 Å². The first kappa shape index (κ1) is 14.4. The van der Waals surface area contributed by atoms with Gasteiger partial charge in [0.2, 0.25) is 0 Å². The van der Waals surface area contributed by atoms with E-state index in [1.165, 1.54) is 11.3 Å². The largest absolute Gasteiger partial charge is 0.462 e. The van der Waals surface area contributed by atoms with Gasteiger partial charge in [0.25, 0.3) is 0 Å². The minimum absolute atomic E-state index is 0.300. The second-order valence-corrected chi connectivity index (χ2v) is 5.41.